The standard InChI is InChI=1S/C15H15F2N3O2/c1-8-9(7-20-19-6-5-12(8)22-2)15(21)13-10(16)3-4-11(18)14(13)17/h3-7,19-20H,18H2,1-2H3. The van der Waals surface area contributed by atoms with Crippen molar-refractivity contribution in [3.8, 4) is 5.75 Å². The van der Waals surface area contributed by atoms with Gasteiger partial charge in [0.15, 0.2) is 5.82 Å². The summed E-state index contributed by atoms with van der Waals surface area (Å²) >= 11 is 0. The first kappa shape index (κ1) is 15.6. The summed E-state index contributed by atoms with van der Waals surface area (Å²) < 4.78 is 33.1. The van der Waals surface area contributed by atoms with Crippen molar-refractivity contribution in [1.29, 1.82) is 0 Å². The number of rotatable bonds is 3. The van der Waals surface area contributed by atoms with Crippen LogP contribution in [0.4, 0.5) is 14.5 Å². The van der Waals surface area contributed by atoms with Crippen molar-refractivity contribution >= 4 is 11.5 Å². The van der Waals surface area contributed by atoms with Crippen molar-refractivity contribution in [3.05, 3.63) is 58.9 Å². The first-order valence-corrected chi connectivity index (χ1v) is 6.38. The van der Waals surface area contributed by atoms with Gasteiger partial charge in [-0.05, 0) is 25.1 Å². The molecule has 0 saturated heterocycles. The largest absolute Gasteiger partial charge is 0.496 e. The third kappa shape index (κ3) is 2.78. The van der Waals surface area contributed by atoms with Gasteiger partial charge >= 0.3 is 0 Å². The number of halogens is 2. The summed E-state index contributed by atoms with van der Waals surface area (Å²) in [6.07, 6.45) is 2.87. The molecular weight excluding hydrogens is 292 g/mol. The smallest absolute Gasteiger partial charge is 0.200 e. The van der Waals surface area contributed by atoms with Crippen molar-refractivity contribution in [2.45, 2.75) is 6.92 Å². The second-order valence-electron chi connectivity index (χ2n) is 4.53. The second-order valence-corrected chi connectivity index (χ2v) is 4.53. The molecular formula is C15H15F2N3O2. The van der Waals surface area contributed by atoms with Gasteiger partial charge in [-0.2, -0.15) is 0 Å². The molecule has 7 heteroatoms. The molecule has 0 aliphatic carbocycles. The summed E-state index contributed by atoms with van der Waals surface area (Å²) in [4.78, 5) is 12.5. The van der Waals surface area contributed by atoms with E-state index >= 15 is 0 Å². The fraction of sp³-hybridized carbons (Fsp3) is 0.133. The third-order valence-corrected chi connectivity index (χ3v) is 3.20. The van der Waals surface area contributed by atoms with E-state index in [0.717, 1.165) is 12.1 Å². The van der Waals surface area contributed by atoms with Gasteiger partial charge in [-0.3, -0.25) is 4.79 Å². The SMILES string of the molecule is COc1cc[nH][nH]cc(C(=O)c2c(F)ccc(N)c2F)c1C. The summed E-state index contributed by atoms with van der Waals surface area (Å²) in [6.45, 7) is 1.61. The molecule has 1 heterocycles. The number of ketones is 1. The Balaban J connectivity index is 2.71. The lowest BCUT2D eigenvalue weighted by molar-refractivity contribution is 0.103. The van der Waals surface area contributed by atoms with Crippen LogP contribution in [0.15, 0.2) is 30.6 Å². The number of anilines is 1. The Morgan fingerprint density at radius 3 is 2.64 bits per heavy atom. The Morgan fingerprint density at radius 1 is 1.23 bits per heavy atom. The van der Waals surface area contributed by atoms with Gasteiger partial charge in [-0.25, -0.2) is 8.78 Å². The lowest BCUT2D eigenvalue weighted by atomic mass is 9.99. The Bertz CT molecular complexity index is 764. The van der Waals surface area contributed by atoms with Crippen LogP contribution in [0.2, 0.25) is 0 Å². The minimum Gasteiger partial charge on any atom is -0.496 e. The van der Waals surface area contributed by atoms with E-state index in [-0.39, 0.29) is 11.3 Å². The number of nitrogens with one attached hydrogen (secondary N) is 2. The van der Waals surface area contributed by atoms with Crippen LogP contribution in [-0.2, 0) is 0 Å². The predicted molar refractivity (Wildman–Crippen MR) is 78.3 cm³/mol. The van der Waals surface area contributed by atoms with Crippen LogP contribution in [-0.4, -0.2) is 23.1 Å². The molecule has 0 bridgehead atoms. The van der Waals surface area contributed by atoms with Crippen molar-refractivity contribution < 1.29 is 18.3 Å². The Morgan fingerprint density at radius 2 is 1.95 bits per heavy atom. The molecule has 0 aliphatic heterocycles. The summed E-state index contributed by atoms with van der Waals surface area (Å²) in [5.74, 6) is -2.50. The Kier molecular flexibility index (Phi) is 4.45. The zero-order valence-corrected chi connectivity index (χ0v) is 12.0. The number of benzene rings is 1. The number of methoxy groups -OCH3 is 1. The van der Waals surface area contributed by atoms with Crippen LogP contribution in [0.5, 0.6) is 5.75 Å². The van der Waals surface area contributed by atoms with E-state index in [1.165, 1.54) is 13.3 Å². The molecule has 0 unspecified atom stereocenters. The number of hydrogen-bond donors (Lipinski definition) is 3. The highest BCUT2D eigenvalue weighted by Crippen LogP contribution is 2.25. The van der Waals surface area contributed by atoms with Gasteiger partial charge in [0.05, 0.1) is 18.4 Å². The highest BCUT2D eigenvalue weighted by atomic mass is 19.1. The molecule has 1 aromatic heterocycles. The first-order valence-electron chi connectivity index (χ1n) is 6.38. The molecule has 2 rings (SSSR count). The molecule has 0 aliphatic rings. The van der Waals surface area contributed by atoms with E-state index in [1.54, 1.807) is 19.2 Å². The summed E-state index contributed by atoms with van der Waals surface area (Å²) in [7, 11) is 1.43. The zero-order valence-electron chi connectivity index (χ0n) is 12.0. The van der Waals surface area contributed by atoms with E-state index in [2.05, 4.69) is 10.2 Å². The van der Waals surface area contributed by atoms with Crippen LogP contribution in [0.3, 0.4) is 0 Å². The van der Waals surface area contributed by atoms with Crippen LogP contribution >= 0.6 is 0 Å². The van der Waals surface area contributed by atoms with Gasteiger partial charge in [0.2, 0.25) is 5.78 Å². The van der Waals surface area contributed by atoms with Gasteiger partial charge in [-0.1, -0.05) is 0 Å². The monoisotopic (exact) mass is 307 g/mol. The summed E-state index contributed by atoms with van der Waals surface area (Å²) in [5.41, 5.74) is 4.90. The number of aromatic nitrogens is 2. The maximum atomic E-state index is 14.0. The lowest BCUT2D eigenvalue weighted by Crippen LogP contribution is -2.11. The topological polar surface area (TPSA) is 83.9 Å². The second kappa shape index (κ2) is 6.30. The normalized spacial score (nSPS) is 10.2. The van der Waals surface area contributed by atoms with Crippen LogP contribution in [0, 0.1) is 18.6 Å². The van der Waals surface area contributed by atoms with Gasteiger partial charge in [-0.15, -0.1) is 0 Å². The van der Waals surface area contributed by atoms with E-state index in [9.17, 15) is 13.6 Å². The average Bonchev–Trinajstić information content (AvgIpc) is 2.48. The zero-order chi connectivity index (χ0) is 16.3. The molecule has 4 N–H and O–H groups in total. The number of H-pyrrole nitrogens is 2. The first-order chi connectivity index (χ1) is 10.5. The number of hydrogen-bond acceptors (Lipinski definition) is 3. The number of carbonyl (C=O) groups excluding carboxylic acids is 1. The van der Waals surface area contributed by atoms with Gasteiger partial charge < -0.3 is 20.7 Å². The fourth-order valence-electron chi connectivity index (χ4n) is 2.01. The predicted octanol–water partition coefficient (Wildman–Crippen LogP) is 2.88. The highest BCUT2D eigenvalue weighted by Gasteiger charge is 2.23. The summed E-state index contributed by atoms with van der Waals surface area (Å²) in [6, 6.07) is 3.60. The molecule has 1 aromatic carbocycles. The molecule has 0 saturated carbocycles. The maximum Gasteiger partial charge on any atom is 0.200 e. The van der Waals surface area contributed by atoms with Crippen molar-refractivity contribution in [2.75, 3.05) is 12.8 Å². The van der Waals surface area contributed by atoms with E-state index in [1.807, 2.05) is 0 Å². The summed E-state index contributed by atoms with van der Waals surface area (Å²) in [5, 5.41) is 5.29. The minimum absolute atomic E-state index is 0.0529. The molecule has 22 heavy (non-hydrogen) atoms. The number of nitrogen functional groups attached to an aromatic ring is 1. The molecule has 5 nitrogen and oxygen atoms in total. The van der Waals surface area contributed by atoms with E-state index in [0.29, 0.717) is 11.3 Å². The molecule has 0 spiro atoms. The van der Waals surface area contributed by atoms with Crippen LogP contribution in [0.1, 0.15) is 21.5 Å². The fourth-order valence-corrected chi connectivity index (χ4v) is 2.01. The van der Waals surface area contributed by atoms with E-state index < -0.39 is 23.0 Å². The number of carbonyl (C=O) groups is 1. The quantitative estimate of drug-likeness (QED) is 0.602. The Hall–Kier alpha value is -2.83. The van der Waals surface area contributed by atoms with Crippen molar-refractivity contribution in [1.82, 2.24) is 10.2 Å². The highest BCUT2D eigenvalue weighted by molar-refractivity contribution is 6.10. The molecule has 116 valence electrons. The maximum absolute atomic E-state index is 14.0. The van der Waals surface area contributed by atoms with Crippen molar-refractivity contribution in [3.63, 3.8) is 0 Å². The van der Waals surface area contributed by atoms with Crippen LogP contribution < -0.4 is 10.5 Å². The van der Waals surface area contributed by atoms with E-state index in [4.69, 9.17) is 10.5 Å². The van der Waals surface area contributed by atoms with Gasteiger partial charge in [0, 0.05) is 23.5 Å². The third-order valence-electron chi connectivity index (χ3n) is 3.20. The number of ether oxygens (including phenoxy) is 1. The van der Waals surface area contributed by atoms with Crippen molar-refractivity contribution in [2.24, 2.45) is 0 Å². The average molecular weight is 307 g/mol. The molecule has 2 aromatic rings. The molecule has 0 radical (unpaired) electrons. The Labute approximate surface area is 125 Å². The molecule has 0 amide bonds. The number of nitrogens with two attached hydrogens (primary N) is 1. The lowest BCUT2D eigenvalue weighted by Gasteiger charge is -2.10. The molecule has 0 atom stereocenters. The van der Waals surface area contributed by atoms with Gasteiger partial charge in [0.25, 0.3) is 0 Å². The van der Waals surface area contributed by atoms with Crippen LogP contribution in [0.25, 0.3) is 0 Å². The van der Waals surface area contributed by atoms with Gasteiger partial charge in [0.1, 0.15) is 11.6 Å². The minimum atomic E-state index is -1.08. The molecule has 0 fully saturated rings. The number of aromatic amines is 2.